The third-order valence-electron chi connectivity index (χ3n) is 3.92. The molecule has 1 atom stereocenters. The van der Waals surface area contributed by atoms with Crippen molar-refractivity contribution in [2.75, 3.05) is 0 Å². The van der Waals surface area contributed by atoms with Crippen molar-refractivity contribution < 1.29 is 9.32 Å². The molecule has 3 aromatic rings. The number of amides is 1. The fourth-order valence-electron chi connectivity index (χ4n) is 2.56. The van der Waals surface area contributed by atoms with Crippen LogP contribution in [-0.4, -0.2) is 25.8 Å². The lowest BCUT2D eigenvalue weighted by Crippen LogP contribution is -2.27. The quantitative estimate of drug-likeness (QED) is 0.779. The lowest BCUT2D eigenvalue weighted by Gasteiger charge is -2.15. The van der Waals surface area contributed by atoms with Crippen molar-refractivity contribution in [1.82, 2.24) is 25.2 Å². The molecule has 0 aliphatic carbocycles. The molecule has 1 aromatic carbocycles. The predicted octanol–water partition coefficient (Wildman–Crippen LogP) is 2.62. The zero-order valence-corrected chi connectivity index (χ0v) is 13.9. The predicted molar refractivity (Wildman–Crippen MR) is 87.9 cm³/mol. The van der Waals surface area contributed by atoms with Gasteiger partial charge in [0.05, 0.1) is 17.4 Å². The molecule has 0 bridgehead atoms. The minimum Gasteiger partial charge on any atom is -0.361 e. The SMILES string of the molecule is CCc1noc(C)c1C(=O)NC(C)c1ccc(-n2cncn2)cc1. The van der Waals surface area contributed by atoms with Gasteiger partial charge in [0.2, 0.25) is 0 Å². The van der Waals surface area contributed by atoms with E-state index in [1.165, 1.54) is 6.33 Å². The van der Waals surface area contributed by atoms with E-state index in [1.807, 2.05) is 38.1 Å². The molecule has 2 aromatic heterocycles. The largest absolute Gasteiger partial charge is 0.361 e. The normalized spacial score (nSPS) is 12.1. The summed E-state index contributed by atoms with van der Waals surface area (Å²) in [5.41, 5.74) is 3.12. The smallest absolute Gasteiger partial charge is 0.257 e. The molecule has 0 saturated heterocycles. The Balaban J connectivity index is 1.73. The van der Waals surface area contributed by atoms with Crippen LogP contribution in [0.4, 0.5) is 0 Å². The number of carbonyl (C=O) groups is 1. The maximum absolute atomic E-state index is 12.5. The highest BCUT2D eigenvalue weighted by Crippen LogP contribution is 2.18. The van der Waals surface area contributed by atoms with Gasteiger partial charge in [-0.2, -0.15) is 5.10 Å². The molecular weight excluding hydrogens is 306 g/mol. The highest BCUT2D eigenvalue weighted by atomic mass is 16.5. The van der Waals surface area contributed by atoms with Crippen LogP contribution in [0, 0.1) is 6.92 Å². The summed E-state index contributed by atoms with van der Waals surface area (Å²) in [6.45, 7) is 5.63. The molecule has 1 N–H and O–H groups in total. The first-order chi connectivity index (χ1) is 11.6. The Morgan fingerprint density at radius 1 is 1.33 bits per heavy atom. The number of aromatic nitrogens is 4. The first kappa shape index (κ1) is 15.9. The van der Waals surface area contributed by atoms with Crippen molar-refractivity contribution >= 4 is 5.91 Å². The van der Waals surface area contributed by atoms with Crippen LogP contribution in [0.15, 0.2) is 41.4 Å². The van der Waals surface area contributed by atoms with E-state index in [9.17, 15) is 4.79 Å². The fraction of sp³-hybridized carbons (Fsp3) is 0.294. The van der Waals surface area contributed by atoms with E-state index in [1.54, 1.807) is 17.9 Å². The van der Waals surface area contributed by atoms with Crippen molar-refractivity contribution in [3.63, 3.8) is 0 Å². The number of carbonyl (C=O) groups excluding carboxylic acids is 1. The summed E-state index contributed by atoms with van der Waals surface area (Å²) in [6.07, 6.45) is 3.78. The second-order valence-corrected chi connectivity index (χ2v) is 5.54. The molecule has 1 unspecified atom stereocenters. The lowest BCUT2D eigenvalue weighted by molar-refractivity contribution is 0.0937. The Labute approximate surface area is 139 Å². The molecule has 124 valence electrons. The van der Waals surface area contributed by atoms with Crippen LogP contribution in [-0.2, 0) is 6.42 Å². The summed E-state index contributed by atoms with van der Waals surface area (Å²) in [4.78, 5) is 16.4. The van der Waals surface area contributed by atoms with Crippen molar-refractivity contribution in [1.29, 1.82) is 0 Å². The van der Waals surface area contributed by atoms with Crippen molar-refractivity contribution in [3.8, 4) is 5.69 Å². The van der Waals surface area contributed by atoms with Crippen LogP contribution in [0.3, 0.4) is 0 Å². The van der Waals surface area contributed by atoms with Gasteiger partial charge < -0.3 is 9.84 Å². The zero-order valence-electron chi connectivity index (χ0n) is 13.9. The van der Waals surface area contributed by atoms with E-state index in [-0.39, 0.29) is 11.9 Å². The Morgan fingerprint density at radius 2 is 2.08 bits per heavy atom. The number of benzene rings is 1. The Hall–Kier alpha value is -2.96. The van der Waals surface area contributed by atoms with E-state index < -0.39 is 0 Å². The number of nitrogens with zero attached hydrogens (tertiary/aromatic N) is 4. The van der Waals surface area contributed by atoms with Crippen LogP contribution in [0.1, 0.15) is 47.3 Å². The third-order valence-corrected chi connectivity index (χ3v) is 3.92. The molecular formula is C17H19N5O2. The van der Waals surface area contributed by atoms with Crippen molar-refractivity contribution in [2.24, 2.45) is 0 Å². The Kier molecular flexibility index (Phi) is 4.41. The number of hydrogen-bond acceptors (Lipinski definition) is 5. The molecule has 2 heterocycles. The van der Waals surface area contributed by atoms with Gasteiger partial charge in [-0.15, -0.1) is 0 Å². The number of aryl methyl sites for hydroxylation is 2. The number of hydrogen-bond donors (Lipinski definition) is 1. The second kappa shape index (κ2) is 6.66. The Morgan fingerprint density at radius 3 is 2.71 bits per heavy atom. The van der Waals surface area contributed by atoms with E-state index >= 15 is 0 Å². The summed E-state index contributed by atoms with van der Waals surface area (Å²) in [5, 5.41) is 11.0. The van der Waals surface area contributed by atoms with Gasteiger partial charge in [-0.3, -0.25) is 4.79 Å². The van der Waals surface area contributed by atoms with Gasteiger partial charge in [0.15, 0.2) is 0 Å². The molecule has 0 fully saturated rings. The summed E-state index contributed by atoms with van der Waals surface area (Å²) in [5.74, 6) is 0.372. The topological polar surface area (TPSA) is 85.8 Å². The van der Waals surface area contributed by atoms with Gasteiger partial charge in [-0.05, 0) is 38.0 Å². The highest BCUT2D eigenvalue weighted by Gasteiger charge is 2.20. The standard InChI is InChI=1S/C17H19N5O2/c1-4-15-16(12(3)24-21-15)17(23)20-11(2)13-5-7-14(8-6-13)22-10-18-9-19-22/h5-11H,4H2,1-3H3,(H,20,23). The van der Waals surface area contributed by atoms with Crippen molar-refractivity contribution in [2.45, 2.75) is 33.2 Å². The van der Waals surface area contributed by atoms with Crippen LogP contribution in [0.25, 0.3) is 5.69 Å². The number of rotatable bonds is 5. The molecule has 0 radical (unpaired) electrons. The summed E-state index contributed by atoms with van der Waals surface area (Å²) >= 11 is 0. The van der Waals surface area contributed by atoms with Crippen LogP contribution in [0.5, 0.6) is 0 Å². The molecule has 0 aliphatic rings. The van der Waals surface area contributed by atoms with Gasteiger partial charge in [0.1, 0.15) is 24.0 Å². The molecule has 0 saturated carbocycles. The first-order valence-electron chi connectivity index (χ1n) is 7.81. The molecule has 7 nitrogen and oxygen atoms in total. The zero-order chi connectivity index (χ0) is 17.1. The van der Waals surface area contributed by atoms with Gasteiger partial charge in [0.25, 0.3) is 5.91 Å². The molecule has 1 amide bonds. The summed E-state index contributed by atoms with van der Waals surface area (Å²) in [7, 11) is 0. The minimum absolute atomic E-state index is 0.138. The fourth-order valence-corrected chi connectivity index (χ4v) is 2.56. The van der Waals surface area contributed by atoms with E-state index in [0.29, 0.717) is 23.4 Å². The lowest BCUT2D eigenvalue weighted by atomic mass is 10.1. The third kappa shape index (κ3) is 3.05. The second-order valence-electron chi connectivity index (χ2n) is 5.54. The van der Waals surface area contributed by atoms with Gasteiger partial charge in [-0.25, -0.2) is 9.67 Å². The summed E-state index contributed by atoms with van der Waals surface area (Å²) in [6, 6.07) is 7.66. The molecule has 7 heteroatoms. The van der Waals surface area contributed by atoms with Gasteiger partial charge in [0, 0.05) is 0 Å². The monoisotopic (exact) mass is 325 g/mol. The Bertz CT molecular complexity index is 821. The highest BCUT2D eigenvalue weighted by molar-refractivity contribution is 5.96. The van der Waals surface area contributed by atoms with E-state index in [2.05, 4.69) is 20.6 Å². The summed E-state index contributed by atoms with van der Waals surface area (Å²) < 4.78 is 6.81. The molecule has 0 spiro atoms. The molecule has 0 aliphatic heterocycles. The molecule has 24 heavy (non-hydrogen) atoms. The van der Waals surface area contributed by atoms with E-state index in [4.69, 9.17) is 4.52 Å². The maximum atomic E-state index is 12.5. The molecule has 3 rings (SSSR count). The van der Waals surface area contributed by atoms with Gasteiger partial charge in [-0.1, -0.05) is 24.2 Å². The van der Waals surface area contributed by atoms with Crippen LogP contribution >= 0.6 is 0 Å². The van der Waals surface area contributed by atoms with Gasteiger partial charge >= 0.3 is 0 Å². The average molecular weight is 325 g/mol. The van der Waals surface area contributed by atoms with E-state index in [0.717, 1.165) is 11.3 Å². The van der Waals surface area contributed by atoms with Crippen molar-refractivity contribution in [3.05, 3.63) is 59.5 Å². The average Bonchev–Trinajstić information content (AvgIpc) is 3.24. The number of nitrogens with one attached hydrogen (secondary N) is 1. The van der Waals surface area contributed by atoms with Crippen LogP contribution in [0.2, 0.25) is 0 Å². The maximum Gasteiger partial charge on any atom is 0.257 e. The minimum atomic E-state index is -0.168. The van der Waals surface area contributed by atoms with Crippen LogP contribution < -0.4 is 5.32 Å². The first-order valence-corrected chi connectivity index (χ1v) is 7.81.